The van der Waals surface area contributed by atoms with Gasteiger partial charge in [0.2, 0.25) is 0 Å². The van der Waals surface area contributed by atoms with E-state index in [1.807, 2.05) is 13.1 Å². The van der Waals surface area contributed by atoms with Crippen LogP contribution in [0.1, 0.15) is 24.2 Å². The van der Waals surface area contributed by atoms with Crippen LogP contribution in [0.15, 0.2) is 36.7 Å². The molecule has 0 saturated carbocycles. The van der Waals surface area contributed by atoms with Crippen molar-refractivity contribution in [3.63, 3.8) is 0 Å². The van der Waals surface area contributed by atoms with Crippen LogP contribution in [0, 0.1) is 5.82 Å². The summed E-state index contributed by atoms with van der Waals surface area (Å²) in [5.74, 6) is -0.279. The number of halogens is 1. The Bertz CT molecular complexity index is 496. The molecule has 2 aromatic rings. The van der Waals surface area contributed by atoms with E-state index in [0.29, 0.717) is 6.42 Å². The molecule has 17 heavy (non-hydrogen) atoms. The molecular weight excluding hydrogens is 219 g/mol. The van der Waals surface area contributed by atoms with Gasteiger partial charge in [-0.1, -0.05) is 12.1 Å². The van der Waals surface area contributed by atoms with Crippen LogP contribution >= 0.6 is 0 Å². The molecule has 0 aliphatic carbocycles. The maximum atomic E-state index is 13.0. The normalized spacial score (nSPS) is 12.6. The predicted molar refractivity (Wildman–Crippen MR) is 63.0 cm³/mol. The Morgan fingerprint density at radius 3 is 2.94 bits per heavy atom. The van der Waals surface area contributed by atoms with E-state index in [1.165, 1.54) is 12.1 Å². The molecule has 0 radical (unpaired) electrons. The molecule has 1 aromatic heterocycles. The second kappa shape index (κ2) is 5.10. The number of aliphatic hydroxyl groups is 1. The number of rotatable bonds is 4. The zero-order chi connectivity index (χ0) is 12.3. The number of nitrogens with zero attached hydrogens (tertiary/aromatic N) is 2. The topological polar surface area (TPSA) is 38.0 Å². The van der Waals surface area contributed by atoms with E-state index in [0.717, 1.165) is 17.7 Å². The lowest BCUT2D eigenvalue weighted by atomic mass is 10.0. The summed E-state index contributed by atoms with van der Waals surface area (Å²) < 4.78 is 14.7. The van der Waals surface area contributed by atoms with Crippen LogP contribution in [0.3, 0.4) is 0 Å². The summed E-state index contributed by atoms with van der Waals surface area (Å²) in [6.07, 6.45) is 3.21. The monoisotopic (exact) mass is 234 g/mol. The second-order valence-corrected chi connectivity index (χ2v) is 3.98. The number of benzene rings is 1. The van der Waals surface area contributed by atoms with Crippen LogP contribution in [-0.2, 0) is 13.0 Å². The van der Waals surface area contributed by atoms with Crippen LogP contribution in [0.2, 0.25) is 0 Å². The average Bonchev–Trinajstić information content (AvgIpc) is 2.77. The third kappa shape index (κ3) is 2.91. The van der Waals surface area contributed by atoms with Gasteiger partial charge in [-0.25, -0.2) is 4.39 Å². The predicted octanol–water partition coefficient (Wildman–Crippen LogP) is 2.32. The quantitative estimate of drug-likeness (QED) is 0.881. The first kappa shape index (κ1) is 11.8. The van der Waals surface area contributed by atoms with Crippen LogP contribution < -0.4 is 0 Å². The minimum absolute atomic E-state index is 0.279. The lowest BCUT2D eigenvalue weighted by Crippen LogP contribution is -2.01. The summed E-state index contributed by atoms with van der Waals surface area (Å²) in [4.78, 5) is 0. The summed E-state index contributed by atoms with van der Waals surface area (Å²) in [6.45, 7) is 2.75. The Kier molecular flexibility index (Phi) is 3.54. The number of aromatic nitrogens is 2. The third-order valence-corrected chi connectivity index (χ3v) is 2.68. The van der Waals surface area contributed by atoms with Crippen molar-refractivity contribution in [1.82, 2.24) is 9.78 Å². The van der Waals surface area contributed by atoms with Crippen molar-refractivity contribution >= 4 is 0 Å². The molecule has 2 rings (SSSR count). The summed E-state index contributed by atoms with van der Waals surface area (Å²) in [7, 11) is 0. The van der Waals surface area contributed by atoms with E-state index in [-0.39, 0.29) is 5.82 Å². The van der Waals surface area contributed by atoms with E-state index >= 15 is 0 Å². The highest BCUT2D eigenvalue weighted by Gasteiger charge is 2.11. The van der Waals surface area contributed by atoms with E-state index in [2.05, 4.69) is 5.10 Å². The van der Waals surface area contributed by atoms with Gasteiger partial charge in [-0.3, -0.25) is 4.68 Å². The first-order valence-electron chi connectivity index (χ1n) is 5.64. The lowest BCUT2D eigenvalue weighted by Gasteiger charge is -2.08. The number of hydrogen-bond donors (Lipinski definition) is 1. The molecule has 0 saturated heterocycles. The number of aryl methyl sites for hydroxylation is 1. The molecule has 90 valence electrons. The molecule has 1 aromatic carbocycles. The van der Waals surface area contributed by atoms with E-state index in [9.17, 15) is 9.50 Å². The fourth-order valence-corrected chi connectivity index (χ4v) is 1.73. The second-order valence-electron chi connectivity index (χ2n) is 3.98. The Hall–Kier alpha value is -1.68. The van der Waals surface area contributed by atoms with Crippen molar-refractivity contribution in [3.05, 3.63) is 53.6 Å². The van der Waals surface area contributed by atoms with Gasteiger partial charge < -0.3 is 5.11 Å². The molecule has 0 aliphatic rings. The van der Waals surface area contributed by atoms with Gasteiger partial charge in [-0.05, 0) is 24.6 Å². The fourth-order valence-electron chi connectivity index (χ4n) is 1.73. The van der Waals surface area contributed by atoms with Gasteiger partial charge in [0.1, 0.15) is 5.82 Å². The van der Waals surface area contributed by atoms with Crippen molar-refractivity contribution < 1.29 is 9.50 Å². The highest BCUT2D eigenvalue weighted by Crippen LogP contribution is 2.18. The molecule has 1 unspecified atom stereocenters. The van der Waals surface area contributed by atoms with Gasteiger partial charge >= 0.3 is 0 Å². The summed E-state index contributed by atoms with van der Waals surface area (Å²) in [6, 6.07) is 6.28. The molecule has 0 spiro atoms. The molecule has 1 atom stereocenters. The maximum Gasteiger partial charge on any atom is 0.123 e. The number of aliphatic hydroxyl groups excluding tert-OH is 1. The molecular formula is C13H15FN2O. The van der Waals surface area contributed by atoms with Crippen molar-refractivity contribution in [2.24, 2.45) is 0 Å². The Morgan fingerprint density at radius 2 is 2.29 bits per heavy atom. The van der Waals surface area contributed by atoms with Gasteiger partial charge in [-0.15, -0.1) is 0 Å². The largest absolute Gasteiger partial charge is 0.388 e. The molecule has 1 heterocycles. The van der Waals surface area contributed by atoms with Crippen molar-refractivity contribution in [3.8, 4) is 0 Å². The van der Waals surface area contributed by atoms with Gasteiger partial charge in [-0.2, -0.15) is 5.10 Å². The van der Waals surface area contributed by atoms with Crippen LogP contribution in [0.25, 0.3) is 0 Å². The zero-order valence-corrected chi connectivity index (χ0v) is 9.68. The summed E-state index contributed by atoms with van der Waals surface area (Å²) in [5, 5.41) is 14.1. The molecule has 1 N–H and O–H groups in total. The Balaban J connectivity index is 2.08. The molecule has 0 fully saturated rings. The fraction of sp³-hybridized carbons (Fsp3) is 0.308. The van der Waals surface area contributed by atoms with Gasteiger partial charge in [0.05, 0.1) is 12.3 Å². The average molecular weight is 234 g/mol. The first-order valence-corrected chi connectivity index (χ1v) is 5.64. The molecule has 0 aliphatic heterocycles. The van der Waals surface area contributed by atoms with Crippen molar-refractivity contribution in [2.45, 2.75) is 26.0 Å². The SMILES string of the molecule is CCn1cc(C(O)Cc2cccc(F)c2)cn1. The highest BCUT2D eigenvalue weighted by atomic mass is 19.1. The zero-order valence-electron chi connectivity index (χ0n) is 9.68. The first-order chi connectivity index (χ1) is 8.19. The van der Waals surface area contributed by atoms with Gasteiger partial charge in [0.15, 0.2) is 0 Å². The molecule has 0 bridgehead atoms. The highest BCUT2D eigenvalue weighted by molar-refractivity contribution is 5.20. The summed E-state index contributed by atoms with van der Waals surface area (Å²) in [5.41, 5.74) is 1.54. The maximum absolute atomic E-state index is 13.0. The Morgan fingerprint density at radius 1 is 1.47 bits per heavy atom. The van der Waals surface area contributed by atoms with Gasteiger partial charge in [0.25, 0.3) is 0 Å². The smallest absolute Gasteiger partial charge is 0.123 e. The molecule has 3 nitrogen and oxygen atoms in total. The lowest BCUT2D eigenvalue weighted by molar-refractivity contribution is 0.178. The minimum Gasteiger partial charge on any atom is -0.388 e. The summed E-state index contributed by atoms with van der Waals surface area (Å²) >= 11 is 0. The third-order valence-electron chi connectivity index (χ3n) is 2.68. The van der Waals surface area contributed by atoms with E-state index < -0.39 is 6.10 Å². The van der Waals surface area contributed by atoms with E-state index in [4.69, 9.17) is 0 Å². The molecule has 0 amide bonds. The minimum atomic E-state index is -0.642. The van der Waals surface area contributed by atoms with E-state index in [1.54, 1.807) is 23.0 Å². The van der Waals surface area contributed by atoms with Crippen LogP contribution in [-0.4, -0.2) is 14.9 Å². The molecule has 4 heteroatoms. The van der Waals surface area contributed by atoms with Crippen LogP contribution in [0.5, 0.6) is 0 Å². The standard InChI is InChI=1S/C13H15FN2O/c1-2-16-9-11(8-15-16)13(17)7-10-4-3-5-12(14)6-10/h3-6,8-9,13,17H,2,7H2,1H3. The van der Waals surface area contributed by atoms with Crippen LogP contribution in [0.4, 0.5) is 4.39 Å². The Labute approximate surface area is 99.5 Å². The number of hydrogen-bond acceptors (Lipinski definition) is 2. The van der Waals surface area contributed by atoms with Gasteiger partial charge in [0, 0.05) is 24.7 Å². The van der Waals surface area contributed by atoms with Crippen molar-refractivity contribution in [1.29, 1.82) is 0 Å². The van der Waals surface area contributed by atoms with Crippen molar-refractivity contribution in [2.75, 3.05) is 0 Å².